The number of carbonyl (C=O) groups excluding carboxylic acids is 1. The molecule has 1 amide bonds. The van der Waals surface area contributed by atoms with E-state index in [0.717, 1.165) is 5.56 Å². The van der Waals surface area contributed by atoms with Gasteiger partial charge in [0.15, 0.2) is 5.11 Å². The molecule has 0 bridgehead atoms. The van der Waals surface area contributed by atoms with E-state index in [1.807, 2.05) is 19.1 Å². The molecule has 2 aromatic carbocycles. The Morgan fingerprint density at radius 2 is 1.70 bits per heavy atom. The van der Waals surface area contributed by atoms with Gasteiger partial charge in [0.05, 0.1) is 5.69 Å². The maximum absolute atomic E-state index is 12.3. The first-order valence-electron chi connectivity index (χ1n) is 8.05. The Labute approximate surface area is 160 Å². The summed E-state index contributed by atoms with van der Waals surface area (Å²) in [5.41, 5.74) is 2.76. The molecule has 3 aromatic rings. The average molecular weight is 380 g/mol. The molecule has 1 heterocycles. The van der Waals surface area contributed by atoms with Gasteiger partial charge in [-0.05, 0) is 55.5 Å². The van der Waals surface area contributed by atoms with Crippen molar-refractivity contribution in [3.8, 4) is 11.3 Å². The molecule has 0 aliphatic heterocycles. The molecule has 0 aliphatic rings. The third-order valence-electron chi connectivity index (χ3n) is 3.80. The number of nitrogens with one attached hydrogen (secondary N) is 2. The predicted molar refractivity (Wildman–Crippen MR) is 106 cm³/mol. The summed E-state index contributed by atoms with van der Waals surface area (Å²) in [6.07, 6.45) is 0. The number of carboxylic acids is 1. The number of hydrogen-bond donors (Lipinski definition) is 3. The summed E-state index contributed by atoms with van der Waals surface area (Å²) in [5, 5.41) is 14.7. The van der Waals surface area contributed by atoms with Gasteiger partial charge >= 0.3 is 5.97 Å². The van der Waals surface area contributed by atoms with E-state index in [4.69, 9.17) is 21.7 Å². The van der Waals surface area contributed by atoms with Crippen LogP contribution in [0.15, 0.2) is 65.1 Å². The van der Waals surface area contributed by atoms with E-state index in [-0.39, 0.29) is 16.8 Å². The van der Waals surface area contributed by atoms with Crippen LogP contribution in [0.25, 0.3) is 11.3 Å². The Kier molecular flexibility index (Phi) is 5.33. The van der Waals surface area contributed by atoms with Gasteiger partial charge in [-0.15, -0.1) is 0 Å². The number of hydrogen-bond acceptors (Lipinski definition) is 4. The lowest BCUT2D eigenvalue weighted by molar-refractivity contribution is 0.0663. The molecule has 1 aromatic heterocycles. The monoisotopic (exact) mass is 380 g/mol. The number of aryl methyl sites for hydroxylation is 1. The van der Waals surface area contributed by atoms with E-state index in [9.17, 15) is 9.59 Å². The normalized spacial score (nSPS) is 10.3. The molecule has 3 N–H and O–H groups in total. The highest BCUT2D eigenvalue weighted by Crippen LogP contribution is 2.29. The molecule has 6 nitrogen and oxygen atoms in total. The van der Waals surface area contributed by atoms with Gasteiger partial charge in [0.1, 0.15) is 5.76 Å². The van der Waals surface area contributed by atoms with Crippen LogP contribution in [0.2, 0.25) is 0 Å². The molecule has 0 aliphatic carbocycles. The fourth-order valence-corrected chi connectivity index (χ4v) is 2.64. The topological polar surface area (TPSA) is 91.6 Å². The number of benzene rings is 2. The van der Waals surface area contributed by atoms with Crippen molar-refractivity contribution in [2.24, 2.45) is 0 Å². The molecule has 0 unspecified atom stereocenters. The van der Waals surface area contributed by atoms with Gasteiger partial charge in [-0.25, -0.2) is 4.79 Å². The lowest BCUT2D eigenvalue weighted by atomic mass is 10.1. The first kappa shape index (κ1) is 18.3. The lowest BCUT2D eigenvalue weighted by Gasteiger charge is -2.12. The summed E-state index contributed by atoms with van der Waals surface area (Å²) in [6.45, 7) is 1.94. The molecular formula is C20H16N2O4S. The van der Waals surface area contributed by atoms with Crippen LogP contribution < -0.4 is 10.6 Å². The Morgan fingerprint density at radius 1 is 1.00 bits per heavy atom. The second-order valence-electron chi connectivity index (χ2n) is 5.79. The van der Waals surface area contributed by atoms with Crippen LogP contribution in [0.4, 0.5) is 5.69 Å². The van der Waals surface area contributed by atoms with Gasteiger partial charge in [0.25, 0.3) is 5.91 Å². The maximum Gasteiger partial charge on any atom is 0.371 e. The highest BCUT2D eigenvalue weighted by atomic mass is 32.1. The number of thiocarbonyl (C=S) groups is 1. The first-order chi connectivity index (χ1) is 12.9. The molecule has 0 radical (unpaired) electrons. The SMILES string of the molecule is Cc1ccc(C(=O)NC(=S)Nc2ccccc2-c2ccc(C(=O)O)o2)cc1. The number of carbonyl (C=O) groups is 2. The Bertz CT molecular complexity index is 1010. The molecule has 7 heteroatoms. The minimum atomic E-state index is -1.15. The van der Waals surface area contributed by atoms with Crippen LogP contribution in [-0.4, -0.2) is 22.1 Å². The maximum atomic E-state index is 12.3. The van der Waals surface area contributed by atoms with Crippen molar-refractivity contribution >= 4 is 34.9 Å². The zero-order valence-corrected chi connectivity index (χ0v) is 15.2. The first-order valence-corrected chi connectivity index (χ1v) is 8.46. The van der Waals surface area contributed by atoms with E-state index in [2.05, 4.69) is 10.6 Å². The van der Waals surface area contributed by atoms with E-state index >= 15 is 0 Å². The van der Waals surface area contributed by atoms with Gasteiger partial charge in [0, 0.05) is 11.1 Å². The van der Waals surface area contributed by atoms with Crippen LogP contribution >= 0.6 is 12.2 Å². The number of rotatable bonds is 4. The molecule has 27 heavy (non-hydrogen) atoms. The second kappa shape index (κ2) is 7.84. The van der Waals surface area contributed by atoms with Crippen molar-refractivity contribution in [2.45, 2.75) is 6.92 Å². The van der Waals surface area contributed by atoms with Crippen LogP contribution in [0, 0.1) is 6.92 Å². The number of amides is 1. The smallest absolute Gasteiger partial charge is 0.371 e. The highest BCUT2D eigenvalue weighted by Gasteiger charge is 2.14. The van der Waals surface area contributed by atoms with Crippen molar-refractivity contribution in [1.29, 1.82) is 0 Å². The van der Waals surface area contributed by atoms with Gasteiger partial charge < -0.3 is 14.8 Å². The number of furan rings is 1. The van der Waals surface area contributed by atoms with Crippen LogP contribution in [0.3, 0.4) is 0 Å². The summed E-state index contributed by atoms with van der Waals surface area (Å²) in [7, 11) is 0. The van der Waals surface area contributed by atoms with Gasteiger partial charge in [-0.1, -0.05) is 29.8 Å². The van der Waals surface area contributed by atoms with Crippen molar-refractivity contribution in [3.63, 3.8) is 0 Å². The standard InChI is InChI=1S/C20H16N2O4S/c1-12-6-8-13(9-7-12)18(23)22-20(27)21-15-5-3-2-4-14(15)16-10-11-17(26-16)19(24)25/h2-11H,1H3,(H,24,25)(H2,21,22,23,27). The zero-order chi connectivity index (χ0) is 19.4. The largest absolute Gasteiger partial charge is 0.475 e. The predicted octanol–water partition coefficient (Wildman–Crippen LogP) is 4.08. The second-order valence-corrected chi connectivity index (χ2v) is 6.20. The van der Waals surface area contributed by atoms with Crippen LogP contribution in [0.5, 0.6) is 0 Å². The minimum absolute atomic E-state index is 0.123. The number of carboxylic acid groups (broad SMARTS) is 1. The van der Waals surface area contributed by atoms with E-state index in [1.165, 1.54) is 6.07 Å². The summed E-state index contributed by atoms with van der Waals surface area (Å²) in [4.78, 5) is 23.3. The van der Waals surface area contributed by atoms with Crippen molar-refractivity contribution < 1.29 is 19.1 Å². The van der Waals surface area contributed by atoms with Crippen molar-refractivity contribution in [1.82, 2.24) is 5.32 Å². The van der Waals surface area contributed by atoms with Gasteiger partial charge in [-0.3, -0.25) is 10.1 Å². The third-order valence-corrected chi connectivity index (χ3v) is 4.00. The highest BCUT2D eigenvalue weighted by molar-refractivity contribution is 7.80. The minimum Gasteiger partial charge on any atom is -0.475 e. The fourth-order valence-electron chi connectivity index (χ4n) is 2.44. The van der Waals surface area contributed by atoms with Gasteiger partial charge in [0.2, 0.25) is 5.76 Å². The summed E-state index contributed by atoms with van der Waals surface area (Å²) >= 11 is 5.23. The Morgan fingerprint density at radius 3 is 2.37 bits per heavy atom. The summed E-state index contributed by atoms with van der Waals surface area (Å²) < 4.78 is 5.34. The number of aromatic carboxylic acids is 1. The quantitative estimate of drug-likeness (QED) is 0.591. The van der Waals surface area contributed by atoms with E-state index < -0.39 is 5.97 Å². The van der Waals surface area contributed by atoms with Crippen molar-refractivity contribution in [2.75, 3.05) is 5.32 Å². The third kappa shape index (κ3) is 4.39. The average Bonchev–Trinajstić information content (AvgIpc) is 3.13. The van der Waals surface area contributed by atoms with Crippen molar-refractivity contribution in [3.05, 3.63) is 77.6 Å². The lowest BCUT2D eigenvalue weighted by Crippen LogP contribution is -2.34. The molecular weight excluding hydrogens is 364 g/mol. The molecule has 136 valence electrons. The number of anilines is 1. The fraction of sp³-hybridized carbons (Fsp3) is 0.0500. The Hall–Kier alpha value is -3.45. The molecule has 0 saturated carbocycles. The molecule has 0 fully saturated rings. The molecule has 0 saturated heterocycles. The molecule has 0 atom stereocenters. The Balaban J connectivity index is 1.75. The molecule has 3 rings (SSSR count). The van der Waals surface area contributed by atoms with Crippen LogP contribution in [-0.2, 0) is 0 Å². The van der Waals surface area contributed by atoms with Gasteiger partial charge in [-0.2, -0.15) is 0 Å². The van der Waals surface area contributed by atoms with E-state index in [0.29, 0.717) is 22.6 Å². The summed E-state index contributed by atoms with van der Waals surface area (Å²) in [6, 6.07) is 17.2. The summed E-state index contributed by atoms with van der Waals surface area (Å²) in [5.74, 6) is -1.25. The zero-order valence-electron chi connectivity index (χ0n) is 14.4. The molecule has 0 spiro atoms. The van der Waals surface area contributed by atoms with E-state index in [1.54, 1.807) is 42.5 Å². The number of para-hydroxylation sites is 1. The van der Waals surface area contributed by atoms with Crippen LogP contribution in [0.1, 0.15) is 26.5 Å².